The molecule has 0 atom stereocenters. The molecule has 150 valence electrons. The van der Waals surface area contributed by atoms with Crippen molar-refractivity contribution in [3.63, 3.8) is 0 Å². The molecule has 1 aliphatic carbocycles. The summed E-state index contributed by atoms with van der Waals surface area (Å²) < 4.78 is 0. The number of halogens is 2. The maximum Gasteiger partial charge on any atom is 0.271 e. The number of hydrogen-bond acceptors (Lipinski definition) is 3. The molecule has 1 saturated carbocycles. The van der Waals surface area contributed by atoms with Crippen LogP contribution in [0.2, 0.25) is 10.0 Å². The Morgan fingerprint density at radius 1 is 1.11 bits per heavy atom. The van der Waals surface area contributed by atoms with E-state index >= 15 is 0 Å². The highest BCUT2D eigenvalue weighted by atomic mass is 35.5. The fraction of sp³-hybridized carbons (Fsp3) is 0.450. The van der Waals surface area contributed by atoms with Gasteiger partial charge in [0.2, 0.25) is 0 Å². The number of aromatic nitrogens is 2. The van der Waals surface area contributed by atoms with E-state index in [4.69, 9.17) is 23.2 Å². The van der Waals surface area contributed by atoms with E-state index in [0.717, 1.165) is 31.6 Å². The first-order valence-corrected chi connectivity index (χ1v) is 10.2. The van der Waals surface area contributed by atoms with E-state index in [-0.39, 0.29) is 38.9 Å². The Morgan fingerprint density at radius 2 is 1.75 bits per heavy atom. The maximum absolute atomic E-state index is 12.7. The summed E-state index contributed by atoms with van der Waals surface area (Å²) in [5, 5.41) is 12.7. The number of amides is 2. The van der Waals surface area contributed by atoms with Crippen molar-refractivity contribution in [2.45, 2.75) is 45.6 Å². The van der Waals surface area contributed by atoms with E-state index in [1.54, 1.807) is 18.2 Å². The van der Waals surface area contributed by atoms with E-state index in [2.05, 4.69) is 34.7 Å². The minimum atomic E-state index is -0.497. The molecule has 0 aliphatic heterocycles. The van der Waals surface area contributed by atoms with Gasteiger partial charge >= 0.3 is 0 Å². The molecular weight excluding hydrogens is 399 g/mol. The van der Waals surface area contributed by atoms with Crippen LogP contribution in [0.1, 0.15) is 60.4 Å². The predicted molar refractivity (Wildman–Crippen MR) is 111 cm³/mol. The third kappa shape index (κ3) is 4.67. The molecule has 0 bridgehead atoms. The van der Waals surface area contributed by atoms with E-state index in [1.807, 2.05) is 0 Å². The second-order valence-corrected chi connectivity index (χ2v) is 8.35. The third-order valence-electron chi connectivity index (χ3n) is 5.35. The fourth-order valence-electron chi connectivity index (χ4n) is 3.64. The van der Waals surface area contributed by atoms with Gasteiger partial charge in [0.1, 0.15) is 5.69 Å². The number of H-pyrrole nitrogens is 1. The first kappa shape index (κ1) is 20.7. The number of nitrogens with zero attached hydrogens (tertiary/aromatic N) is 1. The molecule has 0 saturated heterocycles. The minimum absolute atomic E-state index is 0.132. The van der Waals surface area contributed by atoms with Gasteiger partial charge in [-0.15, -0.1) is 0 Å². The second-order valence-electron chi connectivity index (χ2n) is 7.54. The van der Waals surface area contributed by atoms with Crippen molar-refractivity contribution in [3.8, 4) is 0 Å². The van der Waals surface area contributed by atoms with E-state index in [9.17, 15) is 9.59 Å². The highest BCUT2D eigenvalue weighted by molar-refractivity contribution is 6.40. The first-order valence-electron chi connectivity index (χ1n) is 9.46. The summed E-state index contributed by atoms with van der Waals surface area (Å²) in [6, 6.07) is 4.96. The van der Waals surface area contributed by atoms with Crippen LogP contribution in [0.15, 0.2) is 24.4 Å². The molecule has 2 amide bonds. The molecule has 1 aliphatic rings. The molecule has 0 radical (unpaired) electrons. The maximum atomic E-state index is 12.7. The second kappa shape index (κ2) is 8.97. The predicted octanol–water partition coefficient (Wildman–Crippen LogP) is 4.91. The summed E-state index contributed by atoms with van der Waals surface area (Å²) >= 11 is 12.2. The van der Waals surface area contributed by atoms with Crippen LogP contribution in [0.4, 0.5) is 5.69 Å². The number of benzene rings is 1. The molecule has 1 aromatic heterocycles. The zero-order valence-corrected chi connectivity index (χ0v) is 17.4. The van der Waals surface area contributed by atoms with Crippen LogP contribution in [-0.4, -0.2) is 28.1 Å². The van der Waals surface area contributed by atoms with Crippen LogP contribution in [0, 0.1) is 11.8 Å². The Kier molecular flexibility index (Phi) is 6.62. The number of aromatic amines is 1. The van der Waals surface area contributed by atoms with Gasteiger partial charge in [0.25, 0.3) is 11.8 Å². The lowest BCUT2D eigenvalue weighted by atomic mass is 9.80. The van der Waals surface area contributed by atoms with Crippen LogP contribution in [0.3, 0.4) is 0 Å². The number of hydrogen-bond donors (Lipinski definition) is 3. The molecule has 2 aromatic rings. The number of carbonyl (C=O) groups excluding carboxylic acids is 2. The smallest absolute Gasteiger partial charge is 0.271 e. The van der Waals surface area contributed by atoms with Gasteiger partial charge in [0.05, 0.1) is 27.5 Å². The van der Waals surface area contributed by atoms with Crippen LogP contribution < -0.4 is 10.6 Å². The standard InChI is InChI=1S/C20H24Cl2N4O2/c1-11(2)12-6-8-13(9-7-12)24-20(28)18-16(10-23-26-18)25-19(27)17-14(21)4-3-5-15(17)22/h3-5,10-13H,6-9H2,1-2H3,(H,23,26)(H,24,28)(H,25,27). The lowest BCUT2D eigenvalue weighted by Gasteiger charge is -2.31. The molecular formula is C20H24Cl2N4O2. The molecule has 6 nitrogen and oxygen atoms in total. The molecule has 28 heavy (non-hydrogen) atoms. The topological polar surface area (TPSA) is 86.9 Å². The fourth-order valence-corrected chi connectivity index (χ4v) is 4.21. The number of rotatable bonds is 5. The lowest BCUT2D eigenvalue weighted by Crippen LogP contribution is -2.38. The van der Waals surface area contributed by atoms with Gasteiger partial charge in [-0.3, -0.25) is 14.7 Å². The van der Waals surface area contributed by atoms with Gasteiger partial charge in [-0.25, -0.2) is 0 Å². The van der Waals surface area contributed by atoms with Gasteiger partial charge in [-0.1, -0.05) is 43.1 Å². The van der Waals surface area contributed by atoms with Crippen LogP contribution in [-0.2, 0) is 0 Å². The Hall–Kier alpha value is -2.05. The van der Waals surface area contributed by atoms with Gasteiger partial charge < -0.3 is 10.6 Å². The Bertz CT molecular complexity index is 837. The Labute approximate surface area is 174 Å². The Balaban J connectivity index is 1.65. The minimum Gasteiger partial charge on any atom is -0.348 e. The summed E-state index contributed by atoms with van der Waals surface area (Å²) in [5.74, 6) is 0.604. The average Bonchev–Trinajstić information content (AvgIpc) is 3.10. The zero-order valence-electron chi connectivity index (χ0n) is 15.9. The zero-order chi connectivity index (χ0) is 20.3. The average molecular weight is 423 g/mol. The van der Waals surface area contributed by atoms with Gasteiger partial charge in [0.15, 0.2) is 0 Å². The largest absolute Gasteiger partial charge is 0.348 e. The molecule has 0 spiro atoms. The van der Waals surface area contributed by atoms with Crippen molar-refractivity contribution in [1.82, 2.24) is 15.5 Å². The lowest BCUT2D eigenvalue weighted by molar-refractivity contribution is 0.0913. The van der Waals surface area contributed by atoms with Crippen molar-refractivity contribution < 1.29 is 9.59 Å². The van der Waals surface area contributed by atoms with Crippen LogP contribution in [0.5, 0.6) is 0 Å². The van der Waals surface area contributed by atoms with Crippen LogP contribution >= 0.6 is 23.2 Å². The monoisotopic (exact) mass is 422 g/mol. The Morgan fingerprint density at radius 3 is 2.36 bits per heavy atom. The summed E-state index contributed by atoms with van der Waals surface area (Å²) in [7, 11) is 0. The van der Waals surface area contributed by atoms with Gasteiger partial charge in [-0.2, -0.15) is 5.10 Å². The molecule has 1 heterocycles. The summed E-state index contributed by atoms with van der Waals surface area (Å²) in [4.78, 5) is 25.2. The molecule has 0 unspecified atom stereocenters. The third-order valence-corrected chi connectivity index (χ3v) is 5.98. The van der Waals surface area contributed by atoms with E-state index < -0.39 is 5.91 Å². The molecule has 8 heteroatoms. The quantitative estimate of drug-likeness (QED) is 0.639. The summed E-state index contributed by atoms with van der Waals surface area (Å²) in [6.45, 7) is 4.49. The van der Waals surface area contributed by atoms with Crippen molar-refractivity contribution in [2.24, 2.45) is 11.8 Å². The molecule has 3 rings (SSSR count). The normalized spacial score (nSPS) is 19.5. The van der Waals surface area contributed by atoms with Crippen molar-refractivity contribution in [3.05, 3.63) is 45.7 Å². The highest BCUT2D eigenvalue weighted by Crippen LogP contribution is 2.30. The molecule has 1 aromatic carbocycles. The SMILES string of the molecule is CC(C)C1CCC(NC(=O)c2[nH]ncc2NC(=O)c2c(Cl)cccc2Cl)CC1. The number of carbonyl (C=O) groups is 2. The van der Waals surface area contributed by atoms with E-state index in [0.29, 0.717) is 5.92 Å². The van der Waals surface area contributed by atoms with Crippen molar-refractivity contribution in [1.29, 1.82) is 0 Å². The van der Waals surface area contributed by atoms with E-state index in [1.165, 1.54) is 6.20 Å². The van der Waals surface area contributed by atoms with Gasteiger partial charge in [-0.05, 0) is 49.7 Å². The highest BCUT2D eigenvalue weighted by Gasteiger charge is 2.26. The number of anilines is 1. The number of nitrogens with one attached hydrogen (secondary N) is 3. The molecule has 3 N–H and O–H groups in total. The van der Waals surface area contributed by atoms with Gasteiger partial charge in [0, 0.05) is 6.04 Å². The summed E-state index contributed by atoms with van der Waals surface area (Å²) in [5.41, 5.74) is 0.655. The molecule has 1 fully saturated rings. The first-order chi connectivity index (χ1) is 13.4. The van der Waals surface area contributed by atoms with Crippen molar-refractivity contribution in [2.75, 3.05) is 5.32 Å². The summed E-state index contributed by atoms with van der Waals surface area (Å²) in [6.07, 6.45) is 5.53. The van der Waals surface area contributed by atoms with Crippen LogP contribution in [0.25, 0.3) is 0 Å². The van der Waals surface area contributed by atoms with Crippen molar-refractivity contribution >= 4 is 40.7 Å².